The molecule has 0 spiro atoms. The molecular formula is C49H51Cl2F2N4NaO11. The van der Waals surface area contributed by atoms with Gasteiger partial charge in [-0.1, -0.05) is 71.7 Å². The van der Waals surface area contributed by atoms with Gasteiger partial charge in [-0.3, -0.25) is 4.79 Å². The number of aromatic carboxylic acids is 1. The van der Waals surface area contributed by atoms with E-state index in [1.807, 2.05) is 12.1 Å². The number of benzene rings is 4. The Morgan fingerprint density at radius 2 is 1.22 bits per heavy atom. The largest absolute Gasteiger partial charge is 1.00 e. The summed E-state index contributed by atoms with van der Waals surface area (Å²) in [7, 11) is 0. The Morgan fingerprint density at radius 3 is 1.62 bits per heavy atom. The van der Waals surface area contributed by atoms with Gasteiger partial charge in [0.15, 0.2) is 12.2 Å². The maximum Gasteiger partial charge on any atom is 1.00 e. The number of aliphatic hydroxyl groups is 2. The van der Waals surface area contributed by atoms with Crippen LogP contribution in [0.25, 0.3) is 22.3 Å². The number of nitrogens with zero attached hydrogens (tertiary/aromatic N) is 2. The molecule has 1 amide bonds. The number of carbonyl (C=O) groups excluding carboxylic acids is 4. The van der Waals surface area contributed by atoms with Crippen molar-refractivity contribution in [3.8, 4) is 22.3 Å². The number of carbonyl (C=O) groups is 4. The Balaban J connectivity index is 0.000000308. The van der Waals surface area contributed by atoms with Crippen LogP contribution in [0.1, 0.15) is 76.4 Å². The Bertz CT molecular complexity index is 2610. The summed E-state index contributed by atoms with van der Waals surface area (Å²) in [4.78, 5) is 53.4. The molecule has 0 aliphatic heterocycles. The standard InChI is InChI=1S/C24H24ClFN2O5.C19H21ClFNO3.C6H7NO3.Na/c1-3-32-24(31)21(29)12-18(28-22(30)23-27-13-14(2)33-23)10-15-4-6-16(7-5-15)19-11-17(25)8-9-20(19)26;1-2-25-19(24)18(23)11-15(22)9-12-3-5-13(6-4-12)16-10-14(20)7-8-17(16)21;1-3-4(2)10-5(7-3)6(8)9;/h4-9,11,13,18,21,29H,3,10,12H2,1-2H3,(H,28,30);3-8,10,15,18,23H,2,9,11,22H2,1H3;1-2H3,(H,8,9);/q;;;+1/p-1/t18-,21-;15-,18-;;/m11../s1. The number of hydrogen-bond donors (Lipinski definition) is 4. The third-order valence-corrected chi connectivity index (χ3v) is 10.3. The zero-order chi connectivity index (χ0) is 50.1. The molecule has 0 unspecified atom stereocenters. The van der Waals surface area contributed by atoms with E-state index in [4.69, 9.17) is 47.2 Å². The number of amides is 1. The normalized spacial score (nSPS) is 12.3. The molecule has 0 aliphatic carbocycles. The van der Waals surface area contributed by atoms with Crippen LogP contribution >= 0.6 is 23.2 Å². The van der Waals surface area contributed by atoms with E-state index in [1.165, 1.54) is 30.5 Å². The van der Waals surface area contributed by atoms with Gasteiger partial charge in [0.25, 0.3) is 5.89 Å². The number of nitrogens with two attached hydrogens (primary N) is 1. The van der Waals surface area contributed by atoms with Crippen LogP contribution in [0.15, 0.2) is 100.0 Å². The monoisotopic (exact) mass is 1000 g/mol. The molecule has 2 aromatic heterocycles. The van der Waals surface area contributed by atoms with Crippen LogP contribution in [0.5, 0.6) is 0 Å². The smallest absolute Gasteiger partial charge is 0.540 e. The van der Waals surface area contributed by atoms with Crippen molar-refractivity contribution in [1.82, 2.24) is 15.3 Å². The van der Waals surface area contributed by atoms with Crippen LogP contribution in [-0.4, -0.2) is 81.5 Å². The molecule has 4 atom stereocenters. The minimum atomic E-state index is -1.42. The zero-order valence-corrected chi connectivity index (χ0v) is 42.3. The molecule has 6 rings (SSSR count). The van der Waals surface area contributed by atoms with Gasteiger partial charge >= 0.3 is 47.4 Å². The number of aryl methyl sites for hydroxylation is 3. The Kier molecular flexibility index (Phi) is 23.7. The predicted molar refractivity (Wildman–Crippen MR) is 246 cm³/mol. The van der Waals surface area contributed by atoms with Crippen molar-refractivity contribution >= 4 is 47.0 Å². The topological polar surface area (TPSA) is 240 Å². The molecule has 6 aromatic rings. The first kappa shape index (κ1) is 57.8. The second-order valence-corrected chi connectivity index (χ2v) is 16.1. The van der Waals surface area contributed by atoms with Crippen LogP contribution in [0, 0.1) is 32.4 Å². The molecule has 2 heterocycles. The first-order valence-electron chi connectivity index (χ1n) is 21.2. The van der Waals surface area contributed by atoms with Gasteiger partial charge in [0.2, 0.25) is 5.89 Å². The zero-order valence-electron chi connectivity index (χ0n) is 38.8. The Hall–Kier alpha value is -5.50. The van der Waals surface area contributed by atoms with E-state index in [9.17, 15) is 43.3 Å². The van der Waals surface area contributed by atoms with Crippen molar-refractivity contribution in [2.24, 2.45) is 5.73 Å². The quantitative estimate of drug-likeness (QED) is 0.0744. The number of rotatable bonds is 17. The summed E-state index contributed by atoms with van der Waals surface area (Å²) in [6.07, 6.45) is -0.408. The van der Waals surface area contributed by atoms with Gasteiger partial charge in [-0.2, -0.15) is 0 Å². The summed E-state index contributed by atoms with van der Waals surface area (Å²) >= 11 is 11.9. The van der Waals surface area contributed by atoms with E-state index >= 15 is 0 Å². The minimum absolute atomic E-state index is 0. The summed E-state index contributed by atoms with van der Waals surface area (Å²) in [6.45, 7) is 8.64. The van der Waals surface area contributed by atoms with Gasteiger partial charge in [-0.05, 0) is 113 Å². The van der Waals surface area contributed by atoms with Gasteiger partial charge in [0.05, 0.1) is 25.1 Å². The number of nitrogens with one attached hydrogen (secondary N) is 1. The summed E-state index contributed by atoms with van der Waals surface area (Å²) in [6, 6.07) is 22.0. The summed E-state index contributed by atoms with van der Waals surface area (Å²) in [5.74, 6) is -3.59. The van der Waals surface area contributed by atoms with Gasteiger partial charge in [0.1, 0.15) is 29.1 Å². The summed E-state index contributed by atoms with van der Waals surface area (Å²) in [5.41, 5.74) is 10.4. The fourth-order valence-corrected chi connectivity index (χ4v) is 6.78. The molecular weight excluding hydrogens is 952 g/mol. The molecule has 0 radical (unpaired) electrons. The number of oxazole rings is 2. The number of aromatic nitrogens is 2. The number of carboxylic acids is 1. The Labute approximate surface area is 429 Å². The first-order valence-corrected chi connectivity index (χ1v) is 22.0. The molecule has 0 saturated heterocycles. The molecule has 15 nitrogen and oxygen atoms in total. The van der Waals surface area contributed by atoms with E-state index < -0.39 is 53.9 Å². The van der Waals surface area contributed by atoms with Crippen molar-refractivity contribution in [2.45, 2.75) is 84.6 Å². The van der Waals surface area contributed by atoms with Gasteiger partial charge in [-0.15, -0.1) is 0 Å². The van der Waals surface area contributed by atoms with E-state index in [0.717, 1.165) is 11.1 Å². The van der Waals surface area contributed by atoms with Crippen LogP contribution in [0.3, 0.4) is 0 Å². The van der Waals surface area contributed by atoms with Crippen molar-refractivity contribution in [2.75, 3.05) is 13.2 Å². The van der Waals surface area contributed by atoms with Gasteiger partial charge < -0.3 is 49.5 Å². The third kappa shape index (κ3) is 18.4. The van der Waals surface area contributed by atoms with Crippen LogP contribution in [0.4, 0.5) is 8.78 Å². The number of esters is 2. The number of halogens is 4. The maximum atomic E-state index is 14.2. The molecule has 0 aliphatic rings. The number of carboxylic acid groups (broad SMARTS) is 1. The molecule has 4 aromatic carbocycles. The van der Waals surface area contributed by atoms with Crippen molar-refractivity contribution in [3.63, 3.8) is 0 Å². The fourth-order valence-electron chi connectivity index (χ4n) is 6.43. The Morgan fingerprint density at radius 1 is 0.739 bits per heavy atom. The van der Waals surface area contributed by atoms with Crippen molar-refractivity contribution < 1.29 is 91.1 Å². The summed E-state index contributed by atoms with van der Waals surface area (Å²) < 4.78 is 47.6. The molecule has 0 saturated carbocycles. The number of hydrogen-bond acceptors (Lipinski definition) is 14. The summed E-state index contributed by atoms with van der Waals surface area (Å²) in [5, 5.41) is 33.7. The van der Waals surface area contributed by atoms with Crippen LogP contribution < -0.4 is 45.7 Å². The maximum absolute atomic E-state index is 14.2. The van der Waals surface area contributed by atoms with Crippen molar-refractivity contribution in [1.29, 1.82) is 0 Å². The first-order chi connectivity index (χ1) is 32.3. The van der Waals surface area contributed by atoms with Gasteiger partial charge in [0, 0.05) is 39.7 Å². The second-order valence-electron chi connectivity index (χ2n) is 15.2. The van der Waals surface area contributed by atoms with Gasteiger partial charge in [-0.25, -0.2) is 28.3 Å². The van der Waals surface area contributed by atoms with E-state index in [-0.39, 0.29) is 73.2 Å². The molecule has 69 heavy (non-hydrogen) atoms. The van der Waals surface area contributed by atoms with Crippen LogP contribution in [-0.2, 0) is 31.9 Å². The average Bonchev–Trinajstić information content (AvgIpc) is 3.90. The molecule has 0 bridgehead atoms. The minimum Gasteiger partial charge on any atom is -0.540 e. The van der Waals surface area contributed by atoms with E-state index in [1.54, 1.807) is 83.1 Å². The number of ether oxygens (including phenoxy) is 2. The van der Waals surface area contributed by atoms with Crippen LogP contribution in [0.2, 0.25) is 10.0 Å². The van der Waals surface area contributed by atoms with E-state index in [2.05, 4.69) is 15.3 Å². The molecule has 362 valence electrons. The fraction of sp³-hybridized carbons (Fsp3) is 0.306. The van der Waals surface area contributed by atoms with Crippen molar-refractivity contribution in [3.05, 3.63) is 153 Å². The average molecular weight is 1000 g/mol. The SMILES string of the molecule is CCOC(=O)[C@H](O)C[C@@H](Cc1ccc(-c2cc(Cl)ccc2F)cc1)NC(=O)c1ncc(C)o1.CCOC(=O)[C@H](O)C[C@H](N)Cc1ccc(-c2cc(Cl)ccc2F)cc1.Cc1nc(C(=O)[O-])oc1C.[Na+]. The molecule has 5 N–H and O–H groups in total. The third-order valence-electron chi connectivity index (χ3n) is 9.87. The molecule has 20 heteroatoms. The molecule has 0 fully saturated rings. The second kappa shape index (κ2) is 28.2. The van der Waals surface area contributed by atoms with E-state index in [0.29, 0.717) is 62.4 Å². The predicted octanol–water partition coefficient (Wildman–Crippen LogP) is 4.09. The number of aliphatic hydroxyl groups excluding tert-OH is 2.